The number of primary amides is 1. The van der Waals surface area contributed by atoms with Crippen molar-refractivity contribution in [2.45, 2.75) is 25.9 Å². The van der Waals surface area contributed by atoms with Crippen LogP contribution in [0.5, 0.6) is 0 Å². The monoisotopic (exact) mass is 483 g/mol. The fourth-order valence-corrected chi connectivity index (χ4v) is 3.24. The number of nitrogens with zero attached hydrogens (tertiary/aromatic N) is 4. The van der Waals surface area contributed by atoms with E-state index in [-0.39, 0.29) is 24.3 Å². The van der Waals surface area contributed by atoms with Gasteiger partial charge < -0.3 is 15.4 Å². The second kappa shape index (κ2) is 8.79. The van der Waals surface area contributed by atoms with Crippen molar-refractivity contribution in [2.24, 2.45) is 5.73 Å². The lowest BCUT2D eigenvalue weighted by Gasteiger charge is -2.33. The summed E-state index contributed by atoms with van der Waals surface area (Å²) in [5.41, 5.74) is 7.21. The van der Waals surface area contributed by atoms with E-state index in [1.165, 1.54) is 0 Å². The van der Waals surface area contributed by atoms with Gasteiger partial charge in [0.05, 0.1) is 46.4 Å². The standard InChI is InChI=1S/C18H22IN5O3/c1-2-24(19)16(25)11-27-13-5-7-23(8-6-13)15-10-21-9-12-3-4-14(18(20)26)22-17(12)15/h3-4,9-10,13H,2,5-8,11H2,1H3,(H2,20,26). The third-order valence-corrected chi connectivity index (χ3v) is 5.83. The number of hydrogen-bond acceptors (Lipinski definition) is 6. The third-order valence-electron chi connectivity index (χ3n) is 4.61. The highest BCUT2D eigenvalue weighted by Crippen LogP contribution is 2.27. The Morgan fingerprint density at radius 2 is 2.07 bits per heavy atom. The van der Waals surface area contributed by atoms with Crippen molar-refractivity contribution in [1.82, 2.24) is 13.1 Å². The van der Waals surface area contributed by atoms with Crippen LogP contribution in [0.2, 0.25) is 0 Å². The zero-order valence-corrected chi connectivity index (χ0v) is 17.3. The fourth-order valence-electron chi connectivity index (χ4n) is 3.10. The molecule has 2 aromatic heterocycles. The first-order valence-electron chi connectivity index (χ1n) is 8.87. The molecule has 2 aromatic rings. The van der Waals surface area contributed by atoms with Gasteiger partial charge in [-0.05, 0) is 31.9 Å². The second-order valence-corrected chi connectivity index (χ2v) is 7.53. The van der Waals surface area contributed by atoms with Crippen LogP contribution in [0.1, 0.15) is 30.3 Å². The molecule has 0 aromatic carbocycles. The zero-order valence-electron chi connectivity index (χ0n) is 15.1. The Balaban J connectivity index is 1.66. The summed E-state index contributed by atoms with van der Waals surface area (Å²) in [5, 5.41) is 0.864. The number of nitrogens with two attached hydrogens (primary N) is 1. The van der Waals surface area contributed by atoms with E-state index < -0.39 is 5.91 Å². The molecule has 0 bridgehead atoms. The molecular formula is C18H22IN5O3. The maximum atomic E-state index is 11.9. The molecule has 1 aliphatic heterocycles. The Bertz CT molecular complexity index is 839. The molecule has 2 N–H and O–H groups in total. The molecule has 0 atom stereocenters. The lowest BCUT2D eigenvalue weighted by atomic mass is 10.1. The van der Waals surface area contributed by atoms with E-state index in [4.69, 9.17) is 10.5 Å². The van der Waals surface area contributed by atoms with Crippen LogP contribution in [0.3, 0.4) is 0 Å². The number of piperidine rings is 1. The highest BCUT2D eigenvalue weighted by molar-refractivity contribution is 14.1. The van der Waals surface area contributed by atoms with Crippen LogP contribution >= 0.6 is 22.9 Å². The van der Waals surface area contributed by atoms with Gasteiger partial charge in [0, 0.05) is 31.2 Å². The van der Waals surface area contributed by atoms with Gasteiger partial charge >= 0.3 is 0 Å². The maximum Gasteiger partial charge on any atom is 0.267 e. The number of carbonyl (C=O) groups is 2. The second-order valence-electron chi connectivity index (χ2n) is 6.36. The average molecular weight is 483 g/mol. The predicted octanol–water partition coefficient (Wildman–Crippen LogP) is 1.91. The molecule has 1 saturated heterocycles. The molecule has 9 heteroatoms. The average Bonchev–Trinajstić information content (AvgIpc) is 2.70. The maximum absolute atomic E-state index is 11.9. The first-order valence-corrected chi connectivity index (χ1v) is 9.83. The van der Waals surface area contributed by atoms with E-state index in [1.54, 1.807) is 21.6 Å². The molecule has 0 saturated carbocycles. The quantitative estimate of drug-likeness (QED) is 0.498. The highest BCUT2D eigenvalue weighted by Gasteiger charge is 2.23. The van der Waals surface area contributed by atoms with Crippen LogP contribution < -0.4 is 10.6 Å². The molecule has 0 radical (unpaired) electrons. The number of anilines is 1. The minimum absolute atomic E-state index is 0.0121. The molecule has 1 fully saturated rings. The number of fused-ring (bicyclic) bond motifs is 1. The third kappa shape index (κ3) is 4.64. The number of ether oxygens (including phenoxy) is 1. The summed E-state index contributed by atoms with van der Waals surface area (Å²) in [7, 11) is 0. The van der Waals surface area contributed by atoms with Crippen LogP contribution in [0, 0.1) is 0 Å². The SMILES string of the molecule is CCN(I)C(=O)COC1CCN(c2cncc3ccc(C(N)=O)nc23)CC1. The van der Waals surface area contributed by atoms with E-state index in [1.807, 2.05) is 35.9 Å². The molecule has 144 valence electrons. The van der Waals surface area contributed by atoms with Gasteiger partial charge in [0.15, 0.2) is 0 Å². The lowest BCUT2D eigenvalue weighted by molar-refractivity contribution is -0.132. The van der Waals surface area contributed by atoms with Crippen LogP contribution in [-0.4, -0.2) is 57.2 Å². The van der Waals surface area contributed by atoms with Gasteiger partial charge in [-0.15, -0.1) is 0 Å². The van der Waals surface area contributed by atoms with E-state index in [9.17, 15) is 9.59 Å². The molecular weight excluding hydrogens is 461 g/mol. The fraction of sp³-hybridized carbons (Fsp3) is 0.444. The van der Waals surface area contributed by atoms with Gasteiger partial charge in [-0.25, -0.2) is 4.98 Å². The minimum atomic E-state index is -0.548. The summed E-state index contributed by atoms with van der Waals surface area (Å²) in [6.45, 7) is 4.24. The van der Waals surface area contributed by atoms with Crippen molar-refractivity contribution in [2.75, 3.05) is 31.1 Å². The number of hydrogen-bond donors (Lipinski definition) is 1. The Hall–Kier alpha value is -2.01. The minimum Gasteiger partial charge on any atom is -0.368 e. The Morgan fingerprint density at radius 1 is 1.33 bits per heavy atom. The number of rotatable bonds is 6. The molecule has 0 spiro atoms. The normalized spacial score (nSPS) is 15.1. The molecule has 2 amide bonds. The number of aromatic nitrogens is 2. The van der Waals surface area contributed by atoms with E-state index in [0.717, 1.165) is 42.5 Å². The van der Waals surface area contributed by atoms with Crippen molar-refractivity contribution in [3.8, 4) is 0 Å². The first-order chi connectivity index (χ1) is 13.0. The van der Waals surface area contributed by atoms with Crippen LogP contribution in [0.4, 0.5) is 5.69 Å². The highest BCUT2D eigenvalue weighted by atomic mass is 127. The number of pyridine rings is 2. The first kappa shape index (κ1) is 19.7. The van der Waals surface area contributed by atoms with Crippen molar-refractivity contribution < 1.29 is 14.3 Å². The van der Waals surface area contributed by atoms with Gasteiger partial charge in [-0.3, -0.25) is 17.7 Å². The van der Waals surface area contributed by atoms with E-state index >= 15 is 0 Å². The number of likely N-dealkylation sites (N-methyl/N-ethyl adjacent to an activating group) is 1. The topological polar surface area (TPSA) is 102 Å². The van der Waals surface area contributed by atoms with Crippen molar-refractivity contribution in [1.29, 1.82) is 0 Å². The van der Waals surface area contributed by atoms with Crippen LogP contribution in [0.15, 0.2) is 24.5 Å². The van der Waals surface area contributed by atoms with Crippen LogP contribution in [0.25, 0.3) is 10.9 Å². The molecule has 1 aliphatic rings. The number of carbonyl (C=O) groups excluding carboxylic acids is 2. The molecule has 27 heavy (non-hydrogen) atoms. The summed E-state index contributed by atoms with van der Waals surface area (Å²) < 4.78 is 7.40. The summed E-state index contributed by atoms with van der Waals surface area (Å²) in [4.78, 5) is 34.2. The summed E-state index contributed by atoms with van der Waals surface area (Å²) in [6, 6.07) is 3.42. The molecule has 3 rings (SSSR count). The smallest absolute Gasteiger partial charge is 0.267 e. The lowest BCUT2D eigenvalue weighted by Crippen LogP contribution is -2.38. The van der Waals surface area contributed by atoms with Gasteiger partial charge in [0.1, 0.15) is 12.3 Å². The summed E-state index contributed by atoms with van der Waals surface area (Å²) in [5.74, 6) is -0.560. The number of halogens is 1. The van der Waals surface area contributed by atoms with Gasteiger partial charge in [0.25, 0.3) is 11.8 Å². The summed E-state index contributed by atoms with van der Waals surface area (Å²) >= 11 is 2.00. The van der Waals surface area contributed by atoms with Crippen molar-refractivity contribution in [3.63, 3.8) is 0 Å². The Labute approximate surface area is 171 Å². The van der Waals surface area contributed by atoms with Gasteiger partial charge in [-0.2, -0.15) is 0 Å². The van der Waals surface area contributed by atoms with Crippen molar-refractivity contribution >= 4 is 51.3 Å². The van der Waals surface area contributed by atoms with Crippen molar-refractivity contribution in [3.05, 3.63) is 30.2 Å². The molecule has 0 aliphatic carbocycles. The van der Waals surface area contributed by atoms with Gasteiger partial charge in [-0.1, -0.05) is 0 Å². The van der Waals surface area contributed by atoms with Gasteiger partial charge in [0.2, 0.25) is 0 Å². The predicted molar refractivity (Wildman–Crippen MR) is 111 cm³/mol. The molecule has 8 nitrogen and oxygen atoms in total. The Morgan fingerprint density at radius 3 is 2.74 bits per heavy atom. The summed E-state index contributed by atoms with van der Waals surface area (Å²) in [6.07, 6.45) is 5.17. The van der Waals surface area contributed by atoms with Crippen LogP contribution in [-0.2, 0) is 9.53 Å². The Kier molecular flexibility index (Phi) is 6.42. The zero-order chi connectivity index (χ0) is 19.4. The number of amides is 2. The molecule has 0 unspecified atom stereocenters. The largest absolute Gasteiger partial charge is 0.368 e. The van der Waals surface area contributed by atoms with E-state index in [2.05, 4.69) is 14.9 Å². The molecule has 3 heterocycles. The van der Waals surface area contributed by atoms with E-state index in [0.29, 0.717) is 6.54 Å².